The van der Waals surface area contributed by atoms with Crippen LogP contribution in [0.3, 0.4) is 0 Å². The molecule has 6 nitrogen and oxygen atoms in total. The van der Waals surface area contributed by atoms with Crippen LogP contribution in [0, 0.1) is 0 Å². The van der Waals surface area contributed by atoms with Crippen LogP contribution in [0.5, 0.6) is 5.75 Å². The second kappa shape index (κ2) is 10.9. The number of hydrogen-bond donors (Lipinski definition) is 3. The number of ether oxygens (including phenoxy) is 1. The summed E-state index contributed by atoms with van der Waals surface area (Å²) in [5, 5.41) is 15.7. The van der Waals surface area contributed by atoms with E-state index in [1.54, 1.807) is 7.11 Å². The van der Waals surface area contributed by atoms with Gasteiger partial charge in [-0.3, -0.25) is 9.69 Å². The van der Waals surface area contributed by atoms with Crippen LogP contribution in [0.25, 0.3) is 0 Å². The highest BCUT2D eigenvalue weighted by Crippen LogP contribution is 2.31. The number of carbonyl (C=O) groups is 1. The molecule has 2 saturated heterocycles. The molecule has 0 aromatic heterocycles. The molecule has 0 spiro atoms. The monoisotopic (exact) mass is 405 g/mol. The van der Waals surface area contributed by atoms with Gasteiger partial charge in [0, 0.05) is 18.7 Å². The van der Waals surface area contributed by atoms with E-state index < -0.39 is 6.10 Å². The summed E-state index contributed by atoms with van der Waals surface area (Å²) in [7, 11) is 1.68. The number of carbonyl (C=O) groups excluding carboxylic acids is 1. The number of β-amino-alcohol motifs (C(OH)–C–C–N with tert-alkyl or cyclic N) is 1. The van der Waals surface area contributed by atoms with E-state index >= 15 is 0 Å². The van der Waals surface area contributed by atoms with Crippen molar-refractivity contribution in [2.45, 2.75) is 37.5 Å². The molecule has 3 atom stereocenters. The molecule has 2 heterocycles. The Balaban J connectivity index is 0.00000169. The van der Waals surface area contributed by atoms with Gasteiger partial charge in [-0.05, 0) is 38.4 Å². The molecule has 2 fully saturated rings. The van der Waals surface area contributed by atoms with E-state index in [0.29, 0.717) is 19.5 Å². The van der Waals surface area contributed by atoms with Crippen molar-refractivity contribution >= 4 is 30.7 Å². The number of hydrogen-bond acceptors (Lipinski definition) is 5. The number of likely N-dealkylation sites (tertiary alicyclic amines) is 1. The molecule has 8 heteroatoms. The summed E-state index contributed by atoms with van der Waals surface area (Å²) >= 11 is 0. The lowest BCUT2D eigenvalue weighted by Gasteiger charge is -2.29. The Morgan fingerprint density at radius 3 is 2.65 bits per heavy atom. The maximum Gasteiger partial charge on any atom is 0.237 e. The van der Waals surface area contributed by atoms with E-state index in [0.717, 1.165) is 24.4 Å². The molecule has 2 aliphatic heterocycles. The third-order valence-corrected chi connectivity index (χ3v) is 4.97. The summed E-state index contributed by atoms with van der Waals surface area (Å²) in [4.78, 5) is 14.8. The molecule has 2 aliphatic rings. The Hall–Kier alpha value is -1.05. The Morgan fingerprint density at radius 1 is 1.35 bits per heavy atom. The molecular formula is C18H29Cl2N3O3. The first-order valence-electron chi connectivity index (χ1n) is 8.75. The lowest BCUT2D eigenvalue weighted by atomic mass is 10.0. The van der Waals surface area contributed by atoms with Crippen LogP contribution >= 0.6 is 24.8 Å². The van der Waals surface area contributed by atoms with Crippen LogP contribution in [0.15, 0.2) is 24.3 Å². The van der Waals surface area contributed by atoms with Gasteiger partial charge in [0.2, 0.25) is 5.91 Å². The number of para-hydroxylation sites is 1. The molecule has 3 unspecified atom stereocenters. The van der Waals surface area contributed by atoms with Gasteiger partial charge in [-0.1, -0.05) is 18.2 Å². The van der Waals surface area contributed by atoms with Gasteiger partial charge >= 0.3 is 0 Å². The van der Waals surface area contributed by atoms with Crippen molar-refractivity contribution in [3.8, 4) is 5.75 Å². The minimum absolute atomic E-state index is 0. The third kappa shape index (κ3) is 5.47. The number of nitrogens with zero attached hydrogens (tertiary/aromatic N) is 1. The Morgan fingerprint density at radius 2 is 2.04 bits per heavy atom. The van der Waals surface area contributed by atoms with Crippen molar-refractivity contribution in [2.75, 3.05) is 33.3 Å². The van der Waals surface area contributed by atoms with Gasteiger partial charge in [0.25, 0.3) is 0 Å². The Bertz CT molecular complexity index is 570. The molecule has 3 N–H and O–H groups in total. The molecule has 0 saturated carbocycles. The molecule has 0 radical (unpaired) electrons. The summed E-state index contributed by atoms with van der Waals surface area (Å²) in [6, 6.07) is 7.83. The zero-order valence-corrected chi connectivity index (χ0v) is 16.7. The van der Waals surface area contributed by atoms with E-state index in [2.05, 4.69) is 21.6 Å². The molecule has 0 aliphatic carbocycles. The smallest absolute Gasteiger partial charge is 0.237 e. The van der Waals surface area contributed by atoms with E-state index in [-0.39, 0.29) is 42.8 Å². The second-order valence-corrected chi connectivity index (χ2v) is 6.60. The van der Waals surface area contributed by atoms with E-state index in [1.165, 1.54) is 12.8 Å². The fraction of sp³-hybridized carbons (Fsp3) is 0.611. The van der Waals surface area contributed by atoms with E-state index in [1.807, 2.05) is 18.2 Å². The quantitative estimate of drug-likeness (QED) is 0.668. The van der Waals surface area contributed by atoms with Crippen LogP contribution in [0.2, 0.25) is 0 Å². The van der Waals surface area contributed by atoms with Crippen molar-refractivity contribution in [1.29, 1.82) is 0 Å². The normalized spacial score (nSPS) is 23.6. The lowest BCUT2D eigenvalue weighted by molar-refractivity contribution is -0.123. The average Bonchev–Trinajstić information content (AvgIpc) is 3.27. The van der Waals surface area contributed by atoms with Crippen molar-refractivity contribution in [3.63, 3.8) is 0 Å². The number of methoxy groups -OCH3 is 1. The first kappa shape index (κ1) is 23.0. The number of aliphatic hydroxyl groups is 1. The first-order chi connectivity index (χ1) is 11.7. The van der Waals surface area contributed by atoms with Crippen LogP contribution in [0.1, 0.15) is 30.9 Å². The lowest BCUT2D eigenvalue weighted by Crippen LogP contribution is -2.44. The van der Waals surface area contributed by atoms with Crippen LogP contribution in [-0.4, -0.2) is 61.3 Å². The second-order valence-electron chi connectivity index (χ2n) is 6.60. The molecule has 3 rings (SSSR count). The van der Waals surface area contributed by atoms with Crippen molar-refractivity contribution in [2.24, 2.45) is 0 Å². The molecule has 1 amide bonds. The van der Waals surface area contributed by atoms with Crippen molar-refractivity contribution < 1.29 is 14.6 Å². The summed E-state index contributed by atoms with van der Waals surface area (Å²) < 4.78 is 5.52. The number of aliphatic hydroxyl groups excluding tert-OH is 1. The number of rotatable bonds is 6. The van der Waals surface area contributed by atoms with Gasteiger partial charge < -0.3 is 20.5 Å². The van der Waals surface area contributed by atoms with Crippen molar-refractivity contribution in [1.82, 2.24) is 15.5 Å². The highest BCUT2D eigenvalue weighted by atomic mass is 35.5. The highest BCUT2D eigenvalue weighted by Gasteiger charge is 2.30. The molecule has 1 aromatic rings. The summed E-state index contributed by atoms with van der Waals surface area (Å²) in [5.41, 5.74) is 1.11. The van der Waals surface area contributed by atoms with Gasteiger partial charge in [0.15, 0.2) is 0 Å². The SMILES string of the molecule is COc1ccccc1C(CNC(=O)C1CC(O)CN1)N1CCCC1.Cl.Cl. The average molecular weight is 406 g/mol. The van der Waals surface area contributed by atoms with E-state index in [4.69, 9.17) is 4.74 Å². The minimum Gasteiger partial charge on any atom is -0.496 e. The number of halogens is 2. The largest absolute Gasteiger partial charge is 0.496 e. The summed E-state index contributed by atoms with van der Waals surface area (Å²) in [6.45, 7) is 3.12. The number of nitrogens with one attached hydrogen (secondary N) is 2. The van der Waals surface area contributed by atoms with Gasteiger partial charge in [-0.25, -0.2) is 0 Å². The van der Waals surface area contributed by atoms with Gasteiger partial charge in [0.1, 0.15) is 5.75 Å². The van der Waals surface area contributed by atoms with Crippen LogP contribution < -0.4 is 15.4 Å². The number of benzene rings is 1. The highest BCUT2D eigenvalue weighted by molar-refractivity contribution is 5.85. The first-order valence-corrected chi connectivity index (χ1v) is 8.75. The Kier molecular flexibility index (Phi) is 9.68. The van der Waals surface area contributed by atoms with Crippen LogP contribution in [-0.2, 0) is 4.79 Å². The topological polar surface area (TPSA) is 73.8 Å². The van der Waals surface area contributed by atoms with Crippen LogP contribution in [0.4, 0.5) is 0 Å². The summed E-state index contributed by atoms with van der Waals surface area (Å²) in [5.74, 6) is 0.823. The minimum atomic E-state index is -0.427. The molecule has 0 bridgehead atoms. The Labute approximate surface area is 167 Å². The van der Waals surface area contributed by atoms with Crippen molar-refractivity contribution in [3.05, 3.63) is 29.8 Å². The summed E-state index contributed by atoms with van der Waals surface area (Å²) in [6.07, 6.45) is 2.44. The van der Waals surface area contributed by atoms with Gasteiger partial charge in [-0.2, -0.15) is 0 Å². The van der Waals surface area contributed by atoms with Gasteiger partial charge in [0.05, 0.1) is 25.3 Å². The fourth-order valence-corrected chi connectivity index (χ4v) is 3.67. The molecular weight excluding hydrogens is 377 g/mol. The fourth-order valence-electron chi connectivity index (χ4n) is 3.67. The van der Waals surface area contributed by atoms with Gasteiger partial charge in [-0.15, -0.1) is 24.8 Å². The molecule has 148 valence electrons. The maximum atomic E-state index is 12.4. The molecule has 26 heavy (non-hydrogen) atoms. The maximum absolute atomic E-state index is 12.4. The van der Waals surface area contributed by atoms with E-state index in [9.17, 15) is 9.90 Å². The zero-order chi connectivity index (χ0) is 16.9. The predicted octanol–water partition coefficient (Wildman–Crippen LogP) is 1.51. The standard InChI is InChI=1S/C18H27N3O3.2ClH/c1-24-17-7-3-2-6-14(17)16(21-8-4-5-9-21)12-20-18(23)15-10-13(22)11-19-15;;/h2-3,6-7,13,15-16,19,22H,4-5,8-12H2,1H3,(H,20,23);2*1H. The third-order valence-electron chi connectivity index (χ3n) is 4.97. The predicted molar refractivity (Wildman–Crippen MR) is 106 cm³/mol. The number of amides is 1. The zero-order valence-electron chi connectivity index (χ0n) is 15.0. The molecule has 1 aromatic carbocycles.